The average molecular weight is 254 g/mol. The Kier molecular flexibility index (Phi) is 2.90. The number of hydrogen-bond donors (Lipinski definition) is 0. The van der Waals surface area contributed by atoms with Gasteiger partial charge in [0.1, 0.15) is 0 Å². The smallest absolute Gasteiger partial charge is 0.254 e. The van der Waals surface area contributed by atoms with E-state index in [1.807, 2.05) is 36.1 Å². The van der Waals surface area contributed by atoms with Crippen LogP contribution in [0.3, 0.4) is 0 Å². The van der Waals surface area contributed by atoms with E-state index in [0.29, 0.717) is 0 Å². The second-order valence-electron chi connectivity index (χ2n) is 5.24. The van der Waals surface area contributed by atoms with Crippen molar-refractivity contribution in [3.8, 4) is 0 Å². The van der Waals surface area contributed by atoms with Crippen molar-refractivity contribution in [1.82, 2.24) is 9.47 Å². The maximum atomic E-state index is 12.4. The standard InChI is InChI=1S/C16H18N2O/c1-12-3-5-13(6-4-12)16(19)18-10-8-15-14(11-18)7-9-17(15)2/h3-7,9H,8,10-11H2,1-2H3. The molecule has 98 valence electrons. The third-order valence-electron chi connectivity index (χ3n) is 3.86. The summed E-state index contributed by atoms with van der Waals surface area (Å²) in [4.78, 5) is 14.4. The molecule has 2 aromatic rings. The fourth-order valence-corrected chi connectivity index (χ4v) is 2.67. The number of benzene rings is 1. The Bertz CT molecular complexity index is 610. The van der Waals surface area contributed by atoms with E-state index < -0.39 is 0 Å². The van der Waals surface area contributed by atoms with Crippen molar-refractivity contribution in [3.05, 3.63) is 58.9 Å². The number of carbonyl (C=O) groups excluding carboxylic acids is 1. The molecule has 2 heterocycles. The highest BCUT2D eigenvalue weighted by atomic mass is 16.2. The minimum Gasteiger partial charge on any atom is -0.354 e. The second-order valence-corrected chi connectivity index (χ2v) is 5.24. The van der Waals surface area contributed by atoms with Gasteiger partial charge in [-0.2, -0.15) is 0 Å². The summed E-state index contributed by atoms with van der Waals surface area (Å²) in [6.07, 6.45) is 3.01. The number of carbonyl (C=O) groups is 1. The van der Waals surface area contributed by atoms with Gasteiger partial charge in [0.05, 0.1) is 0 Å². The maximum Gasteiger partial charge on any atom is 0.254 e. The van der Waals surface area contributed by atoms with Crippen LogP contribution in [0.25, 0.3) is 0 Å². The van der Waals surface area contributed by atoms with Crippen molar-refractivity contribution in [2.24, 2.45) is 7.05 Å². The fourth-order valence-electron chi connectivity index (χ4n) is 2.67. The van der Waals surface area contributed by atoms with Gasteiger partial charge < -0.3 is 9.47 Å². The lowest BCUT2D eigenvalue weighted by molar-refractivity contribution is 0.0733. The minimum absolute atomic E-state index is 0.134. The van der Waals surface area contributed by atoms with E-state index in [9.17, 15) is 4.79 Å². The summed E-state index contributed by atoms with van der Waals surface area (Å²) in [6.45, 7) is 3.56. The molecule has 0 N–H and O–H groups in total. The molecule has 0 aliphatic carbocycles. The molecule has 0 radical (unpaired) electrons. The van der Waals surface area contributed by atoms with Crippen molar-refractivity contribution in [2.75, 3.05) is 6.54 Å². The van der Waals surface area contributed by atoms with Gasteiger partial charge in [0.15, 0.2) is 0 Å². The predicted octanol–water partition coefficient (Wildman–Crippen LogP) is 2.53. The van der Waals surface area contributed by atoms with Crippen LogP contribution >= 0.6 is 0 Å². The van der Waals surface area contributed by atoms with E-state index in [-0.39, 0.29) is 5.91 Å². The zero-order chi connectivity index (χ0) is 13.4. The Morgan fingerprint density at radius 1 is 1.16 bits per heavy atom. The fraction of sp³-hybridized carbons (Fsp3) is 0.312. The average Bonchev–Trinajstić information content (AvgIpc) is 2.80. The van der Waals surface area contributed by atoms with Crippen LogP contribution in [0.1, 0.15) is 27.2 Å². The summed E-state index contributed by atoms with van der Waals surface area (Å²) in [5.74, 6) is 0.134. The van der Waals surface area contributed by atoms with Crippen LogP contribution in [-0.2, 0) is 20.0 Å². The van der Waals surface area contributed by atoms with Crippen LogP contribution < -0.4 is 0 Å². The molecule has 0 saturated heterocycles. The van der Waals surface area contributed by atoms with Crippen molar-refractivity contribution in [3.63, 3.8) is 0 Å². The number of hydrogen-bond acceptors (Lipinski definition) is 1. The molecule has 0 atom stereocenters. The van der Waals surface area contributed by atoms with Gasteiger partial charge in [-0.15, -0.1) is 0 Å². The van der Waals surface area contributed by atoms with Gasteiger partial charge in [0, 0.05) is 44.0 Å². The van der Waals surface area contributed by atoms with Crippen LogP contribution in [0.15, 0.2) is 36.5 Å². The molecule has 1 aliphatic heterocycles. The Morgan fingerprint density at radius 3 is 2.63 bits per heavy atom. The van der Waals surface area contributed by atoms with Gasteiger partial charge in [-0.1, -0.05) is 17.7 Å². The molecule has 3 nitrogen and oxygen atoms in total. The van der Waals surface area contributed by atoms with Crippen LogP contribution in [0, 0.1) is 6.92 Å². The third-order valence-corrected chi connectivity index (χ3v) is 3.86. The SMILES string of the molecule is Cc1ccc(C(=O)N2CCc3c(ccn3C)C2)cc1. The summed E-state index contributed by atoms with van der Waals surface area (Å²) >= 11 is 0. The van der Waals surface area contributed by atoms with Crippen molar-refractivity contribution in [2.45, 2.75) is 19.9 Å². The number of amides is 1. The van der Waals surface area contributed by atoms with Gasteiger partial charge in [0.25, 0.3) is 5.91 Å². The largest absolute Gasteiger partial charge is 0.354 e. The molecule has 19 heavy (non-hydrogen) atoms. The third kappa shape index (κ3) is 2.16. The lowest BCUT2D eigenvalue weighted by atomic mass is 10.1. The van der Waals surface area contributed by atoms with E-state index >= 15 is 0 Å². The highest BCUT2D eigenvalue weighted by Gasteiger charge is 2.23. The summed E-state index contributed by atoms with van der Waals surface area (Å²) in [7, 11) is 2.07. The minimum atomic E-state index is 0.134. The maximum absolute atomic E-state index is 12.4. The normalized spacial score (nSPS) is 14.3. The Balaban J connectivity index is 1.81. The first-order chi connectivity index (χ1) is 9.15. The topological polar surface area (TPSA) is 25.2 Å². The van der Waals surface area contributed by atoms with Crippen molar-refractivity contribution < 1.29 is 4.79 Å². The number of aromatic nitrogens is 1. The molecule has 1 amide bonds. The Morgan fingerprint density at radius 2 is 1.89 bits per heavy atom. The van der Waals surface area contributed by atoms with Crippen LogP contribution in [0.5, 0.6) is 0 Å². The highest BCUT2D eigenvalue weighted by Crippen LogP contribution is 2.21. The van der Waals surface area contributed by atoms with Crippen LogP contribution in [-0.4, -0.2) is 21.9 Å². The molecular weight excluding hydrogens is 236 g/mol. The van der Waals surface area contributed by atoms with Crippen LogP contribution in [0.4, 0.5) is 0 Å². The van der Waals surface area contributed by atoms with E-state index in [1.54, 1.807) is 0 Å². The second kappa shape index (κ2) is 4.57. The van der Waals surface area contributed by atoms with E-state index in [1.165, 1.54) is 16.8 Å². The van der Waals surface area contributed by atoms with Gasteiger partial charge in [-0.3, -0.25) is 4.79 Å². The first-order valence-electron chi connectivity index (χ1n) is 6.64. The molecular formula is C16H18N2O. The lowest BCUT2D eigenvalue weighted by Gasteiger charge is -2.28. The molecule has 0 spiro atoms. The quantitative estimate of drug-likeness (QED) is 0.767. The van der Waals surface area contributed by atoms with Crippen LogP contribution in [0.2, 0.25) is 0 Å². The predicted molar refractivity (Wildman–Crippen MR) is 75.0 cm³/mol. The Hall–Kier alpha value is -2.03. The van der Waals surface area contributed by atoms with Gasteiger partial charge >= 0.3 is 0 Å². The molecule has 0 fully saturated rings. The first kappa shape index (κ1) is 12.0. The summed E-state index contributed by atoms with van der Waals surface area (Å²) < 4.78 is 2.16. The lowest BCUT2D eigenvalue weighted by Crippen LogP contribution is -2.36. The number of aryl methyl sites for hydroxylation is 2. The van der Waals surface area contributed by atoms with E-state index in [4.69, 9.17) is 0 Å². The zero-order valence-electron chi connectivity index (χ0n) is 11.4. The number of fused-ring (bicyclic) bond motifs is 1. The molecule has 0 saturated carbocycles. The van der Waals surface area contributed by atoms with Gasteiger partial charge in [-0.05, 0) is 30.7 Å². The molecule has 1 aromatic heterocycles. The molecule has 0 unspecified atom stereocenters. The monoisotopic (exact) mass is 254 g/mol. The number of nitrogens with zero attached hydrogens (tertiary/aromatic N) is 2. The summed E-state index contributed by atoms with van der Waals surface area (Å²) in [6, 6.07) is 9.93. The van der Waals surface area contributed by atoms with E-state index in [2.05, 4.69) is 23.9 Å². The van der Waals surface area contributed by atoms with Gasteiger partial charge in [0.2, 0.25) is 0 Å². The highest BCUT2D eigenvalue weighted by molar-refractivity contribution is 5.94. The van der Waals surface area contributed by atoms with Crippen molar-refractivity contribution in [1.29, 1.82) is 0 Å². The molecule has 3 rings (SSSR count). The first-order valence-corrected chi connectivity index (χ1v) is 6.64. The van der Waals surface area contributed by atoms with Crippen molar-refractivity contribution >= 4 is 5.91 Å². The summed E-state index contributed by atoms with van der Waals surface area (Å²) in [5.41, 5.74) is 4.59. The Labute approximate surface area is 113 Å². The zero-order valence-corrected chi connectivity index (χ0v) is 11.4. The number of rotatable bonds is 1. The molecule has 1 aromatic carbocycles. The summed E-state index contributed by atoms with van der Waals surface area (Å²) in [5, 5.41) is 0. The molecule has 1 aliphatic rings. The van der Waals surface area contributed by atoms with E-state index in [0.717, 1.165) is 25.1 Å². The van der Waals surface area contributed by atoms with Gasteiger partial charge in [-0.25, -0.2) is 0 Å². The molecule has 0 bridgehead atoms. The molecule has 3 heteroatoms.